The maximum atomic E-state index is 13.8. The van der Waals surface area contributed by atoms with Gasteiger partial charge in [0, 0.05) is 11.3 Å². The molecule has 168 valence electrons. The van der Waals surface area contributed by atoms with Crippen LogP contribution in [0.15, 0.2) is 72.1 Å². The molecule has 2 amide bonds. The fourth-order valence-electron chi connectivity index (χ4n) is 5.12. The summed E-state index contributed by atoms with van der Waals surface area (Å²) in [6.07, 6.45) is 0.0744. The molecule has 7 nitrogen and oxygen atoms in total. The number of aliphatic carboxylic acids is 1. The molecule has 0 unspecified atom stereocenters. The van der Waals surface area contributed by atoms with Gasteiger partial charge in [-0.15, -0.1) is 11.3 Å². The average molecular weight is 463 g/mol. The third-order valence-electron chi connectivity index (χ3n) is 6.54. The Bertz CT molecular complexity index is 1210. The van der Waals surface area contributed by atoms with Gasteiger partial charge in [0.25, 0.3) is 0 Å². The van der Waals surface area contributed by atoms with Crippen molar-refractivity contribution in [3.05, 3.63) is 82.6 Å². The molecule has 2 fully saturated rings. The molecule has 2 aromatic carbocycles. The van der Waals surface area contributed by atoms with Gasteiger partial charge < -0.3 is 9.84 Å². The van der Waals surface area contributed by atoms with Gasteiger partial charge in [0.2, 0.25) is 11.8 Å². The number of carboxylic acids is 1. The number of anilines is 1. The topological polar surface area (TPSA) is 95.9 Å². The smallest absolute Gasteiger partial charge is 0.325 e. The number of carboxylic acid groups (broad SMARTS) is 1. The lowest BCUT2D eigenvalue weighted by Crippen LogP contribution is -2.57. The average Bonchev–Trinajstić information content (AvgIpc) is 3.52. The van der Waals surface area contributed by atoms with E-state index in [0.717, 1.165) is 15.3 Å². The molecule has 2 N–H and O–H groups in total. The number of imide groups is 1. The number of hydrogen-bond acceptors (Lipinski definition) is 6. The standard InChI is InChI=1S/C25H22N2O5S/c1-32-17-11-6-5-10-16(17)27-22(28)19-20(23(27)29)25(24(30)31,14-15-8-3-2-4-9-15)26-21(19)18-12-7-13-33-18/h2-13,19-21,26H,14H2,1H3,(H,30,31)/t19-,20+,21-,25+/m0/s1. The number of para-hydroxylation sites is 2. The van der Waals surface area contributed by atoms with Gasteiger partial charge in [0.1, 0.15) is 11.3 Å². The number of nitrogens with one attached hydrogen (secondary N) is 1. The van der Waals surface area contributed by atoms with Gasteiger partial charge >= 0.3 is 5.97 Å². The Labute approximate surface area is 194 Å². The molecule has 0 saturated carbocycles. The van der Waals surface area contributed by atoms with Crippen LogP contribution >= 0.6 is 11.3 Å². The normalized spacial score (nSPS) is 26.5. The molecule has 2 saturated heterocycles. The van der Waals surface area contributed by atoms with E-state index in [4.69, 9.17) is 4.74 Å². The summed E-state index contributed by atoms with van der Waals surface area (Å²) in [5.41, 5.74) is -0.535. The first-order valence-corrected chi connectivity index (χ1v) is 11.4. The number of thiophene rings is 1. The van der Waals surface area contributed by atoms with Crippen LogP contribution in [0.1, 0.15) is 16.5 Å². The summed E-state index contributed by atoms with van der Waals surface area (Å²) in [6, 6.07) is 19.1. The number of nitrogens with zero attached hydrogens (tertiary/aromatic N) is 1. The molecular weight excluding hydrogens is 440 g/mol. The second-order valence-corrected chi connectivity index (χ2v) is 9.24. The zero-order chi connectivity index (χ0) is 23.2. The molecule has 3 heterocycles. The van der Waals surface area contributed by atoms with Crippen molar-refractivity contribution in [2.24, 2.45) is 11.8 Å². The van der Waals surface area contributed by atoms with E-state index >= 15 is 0 Å². The Morgan fingerprint density at radius 3 is 2.45 bits per heavy atom. The minimum atomic E-state index is -1.63. The highest BCUT2D eigenvalue weighted by Crippen LogP contribution is 2.52. The number of rotatable bonds is 6. The molecule has 8 heteroatoms. The maximum Gasteiger partial charge on any atom is 0.325 e. The van der Waals surface area contributed by atoms with Crippen LogP contribution in [0.2, 0.25) is 0 Å². The van der Waals surface area contributed by atoms with Gasteiger partial charge in [0.15, 0.2) is 0 Å². The van der Waals surface area contributed by atoms with E-state index in [-0.39, 0.29) is 6.42 Å². The summed E-state index contributed by atoms with van der Waals surface area (Å²) >= 11 is 1.43. The van der Waals surface area contributed by atoms with Crippen LogP contribution in [0.25, 0.3) is 0 Å². The Balaban J connectivity index is 1.66. The lowest BCUT2D eigenvalue weighted by atomic mass is 9.76. The van der Waals surface area contributed by atoms with E-state index in [1.165, 1.54) is 18.4 Å². The summed E-state index contributed by atoms with van der Waals surface area (Å²) in [4.78, 5) is 42.4. The number of benzene rings is 2. The molecular formula is C25H22N2O5S. The third kappa shape index (κ3) is 3.25. The fourth-order valence-corrected chi connectivity index (χ4v) is 5.94. The molecule has 0 radical (unpaired) electrons. The van der Waals surface area contributed by atoms with E-state index in [0.29, 0.717) is 11.4 Å². The molecule has 33 heavy (non-hydrogen) atoms. The van der Waals surface area contributed by atoms with Crippen molar-refractivity contribution in [2.45, 2.75) is 18.0 Å². The highest BCUT2D eigenvalue weighted by molar-refractivity contribution is 7.10. The third-order valence-corrected chi connectivity index (χ3v) is 7.49. The zero-order valence-electron chi connectivity index (χ0n) is 17.8. The Hall–Kier alpha value is -3.49. The van der Waals surface area contributed by atoms with Crippen molar-refractivity contribution in [3.8, 4) is 5.75 Å². The van der Waals surface area contributed by atoms with Crippen molar-refractivity contribution >= 4 is 34.8 Å². The lowest BCUT2D eigenvalue weighted by molar-refractivity contribution is -0.148. The number of methoxy groups -OCH3 is 1. The van der Waals surface area contributed by atoms with Crippen molar-refractivity contribution in [1.29, 1.82) is 0 Å². The molecule has 2 aliphatic rings. The van der Waals surface area contributed by atoms with Crippen LogP contribution in [0, 0.1) is 11.8 Å². The van der Waals surface area contributed by atoms with E-state index in [9.17, 15) is 19.5 Å². The van der Waals surface area contributed by atoms with Crippen LogP contribution in [-0.4, -0.2) is 35.5 Å². The monoisotopic (exact) mass is 462 g/mol. The van der Waals surface area contributed by atoms with E-state index < -0.39 is 41.2 Å². The molecule has 4 atom stereocenters. The first-order valence-electron chi connectivity index (χ1n) is 10.6. The maximum absolute atomic E-state index is 13.8. The molecule has 0 aliphatic carbocycles. The second-order valence-electron chi connectivity index (χ2n) is 8.26. The highest BCUT2D eigenvalue weighted by Gasteiger charge is 2.69. The van der Waals surface area contributed by atoms with Crippen molar-refractivity contribution < 1.29 is 24.2 Å². The minimum absolute atomic E-state index is 0.0744. The van der Waals surface area contributed by atoms with E-state index in [1.54, 1.807) is 24.3 Å². The largest absolute Gasteiger partial charge is 0.495 e. The van der Waals surface area contributed by atoms with Crippen LogP contribution in [0.4, 0.5) is 5.69 Å². The summed E-state index contributed by atoms with van der Waals surface area (Å²) in [5, 5.41) is 15.6. The predicted molar refractivity (Wildman–Crippen MR) is 123 cm³/mol. The first-order chi connectivity index (χ1) is 16.0. The predicted octanol–water partition coefficient (Wildman–Crippen LogP) is 3.27. The van der Waals surface area contributed by atoms with Crippen molar-refractivity contribution in [3.63, 3.8) is 0 Å². The Morgan fingerprint density at radius 1 is 1.06 bits per heavy atom. The molecule has 3 aromatic rings. The van der Waals surface area contributed by atoms with Crippen molar-refractivity contribution in [1.82, 2.24) is 5.32 Å². The first kappa shape index (κ1) is 21.4. The summed E-state index contributed by atoms with van der Waals surface area (Å²) in [5.74, 6) is -3.64. The van der Waals surface area contributed by atoms with E-state index in [1.807, 2.05) is 47.8 Å². The Kier molecular flexibility index (Phi) is 5.26. The van der Waals surface area contributed by atoms with Gasteiger partial charge in [-0.1, -0.05) is 48.5 Å². The zero-order valence-corrected chi connectivity index (χ0v) is 18.6. The van der Waals surface area contributed by atoms with Crippen LogP contribution in [-0.2, 0) is 20.8 Å². The van der Waals surface area contributed by atoms with Gasteiger partial charge in [-0.3, -0.25) is 19.7 Å². The molecule has 5 rings (SSSR count). The second kappa shape index (κ2) is 8.13. The number of fused-ring (bicyclic) bond motifs is 1. The number of amides is 2. The summed E-state index contributed by atoms with van der Waals surface area (Å²) in [7, 11) is 1.47. The van der Waals surface area contributed by atoms with E-state index in [2.05, 4.69) is 5.32 Å². The Morgan fingerprint density at radius 2 is 1.79 bits per heavy atom. The number of hydrogen-bond donors (Lipinski definition) is 2. The number of carbonyl (C=O) groups excluding carboxylic acids is 2. The molecule has 1 aromatic heterocycles. The number of ether oxygens (including phenoxy) is 1. The van der Waals surface area contributed by atoms with Gasteiger partial charge in [0.05, 0.1) is 30.7 Å². The summed E-state index contributed by atoms with van der Waals surface area (Å²) < 4.78 is 5.39. The van der Waals surface area contributed by atoms with Crippen LogP contribution in [0.5, 0.6) is 5.75 Å². The quantitative estimate of drug-likeness (QED) is 0.546. The fraction of sp³-hybridized carbons (Fsp3) is 0.240. The van der Waals surface area contributed by atoms with Gasteiger partial charge in [-0.05, 0) is 29.1 Å². The van der Waals surface area contributed by atoms with Gasteiger partial charge in [-0.2, -0.15) is 0 Å². The SMILES string of the molecule is COc1ccccc1N1C(=O)[C@@H]2[C@H](c3cccs3)N[C@@](Cc3ccccc3)(C(=O)O)[C@H]2C1=O. The van der Waals surface area contributed by atoms with Crippen LogP contribution in [0.3, 0.4) is 0 Å². The molecule has 0 spiro atoms. The summed E-state index contributed by atoms with van der Waals surface area (Å²) in [6.45, 7) is 0. The minimum Gasteiger partial charge on any atom is -0.495 e. The highest BCUT2D eigenvalue weighted by atomic mass is 32.1. The van der Waals surface area contributed by atoms with Crippen LogP contribution < -0.4 is 15.0 Å². The molecule has 0 bridgehead atoms. The lowest BCUT2D eigenvalue weighted by Gasteiger charge is -2.31. The van der Waals surface area contributed by atoms with Crippen molar-refractivity contribution in [2.75, 3.05) is 12.0 Å². The number of carbonyl (C=O) groups is 3. The molecule has 2 aliphatic heterocycles. The van der Waals surface area contributed by atoms with Gasteiger partial charge in [-0.25, -0.2) is 4.90 Å².